The maximum atomic E-state index is 11.7. The second kappa shape index (κ2) is 3.86. The van der Waals surface area contributed by atoms with Gasteiger partial charge in [0.2, 0.25) is 5.91 Å². The summed E-state index contributed by atoms with van der Waals surface area (Å²) >= 11 is 0. The molecule has 17 heavy (non-hydrogen) atoms. The fourth-order valence-electron chi connectivity index (χ4n) is 3.23. The van der Waals surface area contributed by atoms with Crippen LogP contribution in [0.2, 0.25) is 0 Å². The smallest absolute Gasteiger partial charge is 0.247 e. The average Bonchev–Trinajstić information content (AvgIpc) is 2.53. The van der Waals surface area contributed by atoms with Crippen LogP contribution in [0.25, 0.3) is 0 Å². The normalized spacial score (nSPS) is 36.5. The first-order valence-corrected chi connectivity index (χ1v) is 6.18. The molecule has 0 unspecified atom stereocenters. The second-order valence-electron chi connectivity index (χ2n) is 5.69. The summed E-state index contributed by atoms with van der Waals surface area (Å²) in [4.78, 5) is 11.7. The van der Waals surface area contributed by atoms with E-state index in [9.17, 15) is 4.79 Å². The van der Waals surface area contributed by atoms with Crippen LogP contribution in [0.3, 0.4) is 0 Å². The Morgan fingerprint density at radius 3 is 2.76 bits per heavy atom. The molecule has 2 aliphatic rings. The van der Waals surface area contributed by atoms with Crippen LogP contribution in [0.4, 0.5) is 0 Å². The fraction of sp³-hybridized carbons (Fsp3) is 0.533. The highest BCUT2D eigenvalue weighted by atomic mass is 16.2. The Morgan fingerprint density at radius 2 is 2.24 bits per heavy atom. The Kier molecular flexibility index (Phi) is 2.76. The molecular formula is C15H21NO. The van der Waals surface area contributed by atoms with Crippen molar-refractivity contribution in [3.8, 4) is 0 Å². The predicted octanol–water partition coefficient (Wildman–Crippen LogP) is 2.98. The number of rotatable bonds is 2. The Balaban J connectivity index is 2.39. The maximum Gasteiger partial charge on any atom is 0.247 e. The number of nitrogens with one attached hydrogen (secondary N) is 1. The molecule has 3 atom stereocenters. The minimum absolute atomic E-state index is 0.0396. The molecule has 1 saturated carbocycles. The van der Waals surface area contributed by atoms with Crippen molar-refractivity contribution >= 4 is 5.91 Å². The van der Waals surface area contributed by atoms with Crippen LogP contribution in [0, 0.1) is 11.3 Å². The average molecular weight is 231 g/mol. The molecule has 2 heteroatoms. The van der Waals surface area contributed by atoms with E-state index >= 15 is 0 Å². The zero-order chi connectivity index (χ0) is 12.8. The summed E-state index contributed by atoms with van der Waals surface area (Å²) in [6.45, 7) is 14.3. The van der Waals surface area contributed by atoms with E-state index in [1.54, 1.807) is 0 Å². The molecule has 0 radical (unpaired) electrons. The molecule has 0 aromatic rings. The van der Waals surface area contributed by atoms with Crippen LogP contribution < -0.4 is 5.32 Å². The summed E-state index contributed by atoms with van der Waals surface area (Å²) in [6.07, 6.45) is 3.91. The summed E-state index contributed by atoms with van der Waals surface area (Å²) in [6, 6.07) is 0.209. The molecule has 0 bridgehead atoms. The first kappa shape index (κ1) is 12.2. The summed E-state index contributed by atoms with van der Waals surface area (Å²) in [5, 5.41) is 3.06. The second-order valence-corrected chi connectivity index (χ2v) is 5.69. The largest absolute Gasteiger partial charge is 0.346 e. The van der Waals surface area contributed by atoms with Crippen molar-refractivity contribution in [2.75, 3.05) is 0 Å². The van der Waals surface area contributed by atoms with Gasteiger partial charge in [0.15, 0.2) is 0 Å². The van der Waals surface area contributed by atoms with Gasteiger partial charge >= 0.3 is 0 Å². The van der Waals surface area contributed by atoms with Crippen molar-refractivity contribution in [3.63, 3.8) is 0 Å². The molecule has 1 fully saturated rings. The van der Waals surface area contributed by atoms with Gasteiger partial charge in [-0.05, 0) is 43.6 Å². The van der Waals surface area contributed by atoms with Crippen LogP contribution in [0.1, 0.15) is 33.6 Å². The molecule has 0 aromatic heterocycles. The number of allylic oxidation sites excluding steroid dienone is 2. The highest BCUT2D eigenvalue weighted by molar-refractivity contribution is 5.97. The summed E-state index contributed by atoms with van der Waals surface area (Å²) < 4.78 is 0. The number of hydrogen-bond acceptors (Lipinski definition) is 1. The van der Waals surface area contributed by atoms with E-state index in [0.29, 0.717) is 5.92 Å². The lowest BCUT2D eigenvalue weighted by molar-refractivity contribution is -0.117. The van der Waals surface area contributed by atoms with Gasteiger partial charge in [0.05, 0.1) is 6.04 Å². The van der Waals surface area contributed by atoms with E-state index < -0.39 is 0 Å². The zero-order valence-electron chi connectivity index (χ0n) is 11.0. The minimum atomic E-state index is 0.0396. The molecule has 92 valence electrons. The molecule has 1 aliphatic carbocycles. The van der Waals surface area contributed by atoms with Gasteiger partial charge in [-0.25, -0.2) is 0 Å². The van der Waals surface area contributed by atoms with Gasteiger partial charge in [-0.2, -0.15) is 0 Å². The highest BCUT2D eigenvalue weighted by Crippen LogP contribution is 2.49. The summed E-state index contributed by atoms with van der Waals surface area (Å²) in [7, 11) is 0. The van der Waals surface area contributed by atoms with Gasteiger partial charge in [0, 0.05) is 5.57 Å². The molecule has 0 aromatic carbocycles. The van der Waals surface area contributed by atoms with Gasteiger partial charge < -0.3 is 5.32 Å². The topological polar surface area (TPSA) is 29.1 Å². The highest BCUT2D eigenvalue weighted by Gasteiger charge is 2.44. The molecular weight excluding hydrogens is 210 g/mol. The summed E-state index contributed by atoms with van der Waals surface area (Å²) in [5.74, 6) is 0.493. The lowest BCUT2D eigenvalue weighted by Crippen LogP contribution is -2.42. The molecule has 2 rings (SSSR count). The maximum absolute atomic E-state index is 11.7. The zero-order valence-corrected chi connectivity index (χ0v) is 11.0. The Labute approximate surface area is 103 Å². The van der Waals surface area contributed by atoms with Crippen LogP contribution in [0.15, 0.2) is 36.0 Å². The van der Waals surface area contributed by atoms with E-state index in [1.807, 2.05) is 13.0 Å². The third-order valence-electron chi connectivity index (χ3n) is 4.47. The van der Waals surface area contributed by atoms with E-state index in [4.69, 9.17) is 0 Å². The number of carbonyl (C=O) groups excluding carboxylic acids is 1. The number of carbonyl (C=O) groups is 1. The quantitative estimate of drug-likeness (QED) is 0.727. The van der Waals surface area contributed by atoms with Crippen LogP contribution in [-0.4, -0.2) is 11.9 Å². The molecule has 0 saturated heterocycles. The van der Waals surface area contributed by atoms with Crippen molar-refractivity contribution in [2.24, 2.45) is 11.3 Å². The van der Waals surface area contributed by atoms with Crippen molar-refractivity contribution < 1.29 is 4.79 Å². The van der Waals surface area contributed by atoms with Crippen molar-refractivity contribution in [2.45, 2.75) is 39.7 Å². The molecule has 1 heterocycles. The van der Waals surface area contributed by atoms with E-state index in [2.05, 4.69) is 32.3 Å². The Morgan fingerprint density at radius 1 is 1.59 bits per heavy atom. The molecule has 2 nitrogen and oxygen atoms in total. The van der Waals surface area contributed by atoms with Crippen molar-refractivity contribution in [3.05, 3.63) is 36.0 Å². The monoisotopic (exact) mass is 231 g/mol. The first-order valence-electron chi connectivity index (χ1n) is 6.18. The van der Waals surface area contributed by atoms with E-state index in [-0.39, 0.29) is 17.4 Å². The predicted molar refractivity (Wildman–Crippen MR) is 70.5 cm³/mol. The Hall–Kier alpha value is -1.31. The molecule has 1 aliphatic heterocycles. The van der Waals surface area contributed by atoms with Crippen molar-refractivity contribution in [1.29, 1.82) is 0 Å². The number of hydrogen-bond donors (Lipinski definition) is 1. The number of fused-ring (bicyclic) bond motifs is 1. The number of amides is 1. The first-order chi connectivity index (χ1) is 7.89. The standard InChI is InChI=1S/C15H21NO/c1-6-15(5)8-13-11(7-12(15)9(2)3)10(4)14(17)16-13/h6,12-13H,1-2,7-8H2,3-5H3,(H,16,17)/t12-,13-,15+/m0/s1. The fourth-order valence-corrected chi connectivity index (χ4v) is 3.23. The summed E-state index contributed by atoms with van der Waals surface area (Å²) in [5.41, 5.74) is 3.41. The van der Waals surface area contributed by atoms with Gasteiger partial charge in [-0.15, -0.1) is 6.58 Å². The lowest BCUT2D eigenvalue weighted by Gasteiger charge is -2.43. The molecule has 1 amide bonds. The lowest BCUT2D eigenvalue weighted by atomic mass is 9.62. The van der Waals surface area contributed by atoms with Crippen LogP contribution in [-0.2, 0) is 4.79 Å². The third kappa shape index (κ3) is 1.76. The van der Waals surface area contributed by atoms with E-state index in [0.717, 1.165) is 18.4 Å². The van der Waals surface area contributed by atoms with Crippen LogP contribution in [0.5, 0.6) is 0 Å². The van der Waals surface area contributed by atoms with Gasteiger partial charge in [-0.3, -0.25) is 4.79 Å². The molecule has 1 N–H and O–H groups in total. The van der Waals surface area contributed by atoms with Gasteiger partial charge in [0.25, 0.3) is 0 Å². The van der Waals surface area contributed by atoms with E-state index in [1.165, 1.54) is 11.1 Å². The van der Waals surface area contributed by atoms with Gasteiger partial charge in [-0.1, -0.05) is 25.2 Å². The van der Waals surface area contributed by atoms with Crippen molar-refractivity contribution in [1.82, 2.24) is 5.32 Å². The molecule has 0 spiro atoms. The van der Waals surface area contributed by atoms with Gasteiger partial charge in [0.1, 0.15) is 0 Å². The Bertz CT molecular complexity index is 432. The van der Waals surface area contributed by atoms with Crippen LogP contribution >= 0.6 is 0 Å². The third-order valence-corrected chi connectivity index (χ3v) is 4.47. The minimum Gasteiger partial charge on any atom is -0.346 e. The SMILES string of the molecule is C=C[C@]1(C)C[C@@H]2NC(=O)C(C)=C2C[C@H]1C(=C)C.